The van der Waals surface area contributed by atoms with Crippen molar-refractivity contribution >= 4 is 5.97 Å². The number of rotatable bonds is 6. The molecule has 0 aromatic heterocycles. The highest BCUT2D eigenvalue weighted by atomic mass is 16.8. The molecule has 1 heterocycles. The zero-order valence-corrected chi connectivity index (χ0v) is 11.5. The van der Waals surface area contributed by atoms with E-state index in [0.717, 1.165) is 0 Å². The number of esters is 1. The van der Waals surface area contributed by atoms with Crippen LogP contribution in [-0.4, -0.2) is 75.1 Å². The van der Waals surface area contributed by atoms with Gasteiger partial charge in [-0.15, -0.1) is 0 Å². The van der Waals surface area contributed by atoms with Gasteiger partial charge in [0, 0.05) is 0 Å². The molecule has 1 fully saturated rings. The Kier molecular flexibility index (Phi) is 6.08. The van der Waals surface area contributed by atoms with Gasteiger partial charge in [0.05, 0.1) is 13.2 Å². The van der Waals surface area contributed by atoms with Gasteiger partial charge in [-0.25, -0.2) is 4.79 Å². The molecule has 122 valence electrons. The molecule has 0 bridgehead atoms. The minimum atomic E-state index is -2.85. The SMILES string of the molecule is C=C(OC1(O)O[C@H](CO)[C@@H](O)[C@H](O)[C@H]1O)C(=O)OCCC. The molecule has 0 saturated carbocycles. The molecule has 9 heteroatoms. The molecule has 0 amide bonds. The second-order valence-corrected chi connectivity index (χ2v) is 4.56. The fraction of sp³-hybridized carbons (Fsp3) is 0.750. The van der Waals surface area contributed by atoms with Gasteiger partial charge >= 0.3 is 11.9 Å². The van der Waals surface area contributed by atoms with Crippen LogP contribution in [0, 0.1) is 0 Å². The molecule has 1 saturated heterocycles. The molecule has 0 aromatic carbocycles. The van der Waals surface area contributed by atoms with Crippen molar-refractivity contribution in [3.63, 3.8) is 0 Å². The van der Waals surface area contributed by atoms with Crippen molar-refractivity contribution in [2.24, 2.45) is 0 Å². The predicted molar refractivity (Wildman–Crippen MR) is 66.4 cm³/mol. The fourth-order valence-corrected chi connectivity index (χ4v) is 1.70. The van der Waals surface area contributed by atoms with Crippen molar-refractivity contribution < 1.29 is 44.5 Å². The van der Waals surface area contributed by atoms with E-state index in [9.17, 15) is 25.2 Å². The van der Waals surface area contributed by atoms with E-state index < -0.39 is 48.7 Å². The Morgan fingerprint density at radius 3 is 2.48 bits per heavy atom. The standard InChI is InChI=1S/C12H20O9/c1-3-4-19-11(17)6(2)20-12(18)10(16)9(15)8(14)7(5-13)21-12/h7-10,13-16,18H,2-5H2,1H3/t7-,8-,9+,10-,12?/m1/s1. The third-order valence-electron chi connectivity index (χ3n) is 2.86. The Morgan fingerprint density at radius 2 is 1.95 bits per heavy atom. The van der Waals surface area contributed by atoms with Gasteiger partial charge in [0.2, 0.25) is 5.76 Å². The smallest absolute Gasteiger partial charge is 0.373 e. The van der Waals surface area contributed by atoms with Crippen LogP contribution in [0.2, 0.25) is 0 Å². The third kappa shape index (κ3) is 3.90. The van der Waals surface area contributed by atoms with Crippen molar-refractivity contribution in [1.29, 1.82) is 0 Å². The maximum absolute atomic E-state index is 11.5. The molecule has 0 aromatic rings. The summed E-state index contributed by atoms with van der Waals surface area (Å²) in [5.41, 5.74) is 0. The van der Waals surface area contributed by atoms with Gasteiger partial charge in [0.25, 0.3) is 0 Å². The lowest BCUT2D eigenvalue weighted by atomic mass is 9.98. The predicted octanol–water partition coefficient (Wildman–Crippen LogP) is -2.41. The van der Waals surface area contributed by atoms with Crippen molar-refractivity contribution in [3.05, 3.63) is 12.3 Å². The Balaban J connectivity index is 2.78. The Labute approximate surface area is 121 Å². The lowest BCUT2D eigenvalue weighted by Gasteiger charge is -2.44. The van der Waals surface area contributed by atoms with Gasteiger partial charge in [-0.2, -0.15) is 0 Å². The monoisotopic (exact) mass is 308 g/mol. The normalized spacial score (nSPS) is 36.1. The summed E-state index contributed by atoms with van der Waals surface area (Å²) in [6, 6.07) is 0. The van der Waals surface area contributed by atoms with Crippen LogP contribution in [0.25, 0.3) is 0 Å². The first kappa shape index (κ1) is 17.8. The topological polar surface area (TPSA) is 146 Å². The summed E-state index contributed by atoms with van der Waals surface area (Å²) in [5, 5.41) is 47.9. The molecule has 0 radical (unpaired) electrons. The van der Waals surface area contributed by atoms with Gasteiger partial charge < -0.3 is 39.7 Å². The van der Waals surface area contributed by atoms with Crippen LogP contribution >= 0.6 is 0 Å². The lowest BCUT2D eigenvalue weighted by Crippen LogP contribution is -2.66. The van der Waals surface area contributed by atoms with Gasteiger partial charge in [0.1, 0.15) is 18.3 Å². The molecule has 1 aliphatic rings. The summed E-state index contributed by atoms with van der Waals surface area (Å²) in [5.74, 6) is -4.50. The molecule has 1 aliphatic heterocycles. The summed E-state index contributed by atoms with van der Waals surface area (Å²) in [6.45, 7) is 4.33. The summed E-state index contributed by atoms with van der Waals surface area (Å²) in [7, 11) is 0. The van der Waals surface area contributed by atoms with Crippen LogP contribution in [0.1, 0.15) is 13.3 Å². The molecule has 5 atom stereocenters. The van der Waals surface area contributed by atoms with Gasteiger partial charge in [-0.3, -0.25) is 0 Å². The van der Waals surface area contributed by atoms with E-state index in [1.54, 1.807) is 6.92 Å². The van der Waals surface area contributed by atoms with E-state index in [2.05, 4.69) is 6.58 Å². The van der Waals surface area contributed by atoms with E-state index >= 15 is 0 Å². The second kappa shape index (κ2) is 7.16. The minimum Gasteiger partial charge on any atom is -0.460 e. The zero-order chi connectivity index (χ0) is 16.2. The molecule has 0 spiro atoms. The summed E-state index contributed by atoms with van der Waals surface area (Å²) >= 11 is 0. The lowest BCUT2D eigenvalue weighted by molar-refractivity contribution is -0.438. The van der Waals surface area contributed by atoms with E-state index in [1.807, 2.05) is 0 Å². The highest BCUT2D eigenvalue weighted by molar-refractivity contribution is 5.85. The maximum Gasteiger partial charge on any atom is 0.373 e. The Hall–Kier alpha value is -1.23. The first-order valence-electron chi connectivity index (χ1n) is 6.37. The third-order valence-corrected chi connectivity index (χ3v) is 2.86. The Bertz CT molecular complexity index is 383. The second-order valence-electron chi connectivity index (χ2n) is 4.56. The largest absolute Gasteiger partial charge is 0.460 e. The van der Waals surface area contributed by atoms with Gasteiger partial charge in [-0.1, -0.05) is 6.92 Å². The summed E-state index contributed by atoms with van der Waals surface area (Å²) in [6.07, 6.45) is -6.46. The fourth-order valence-electron chi connectivity index (χ4n) is 1.70. The van der Waals surface area contributed by atoms with Crippen molar-refractivity contribution in [1.82, 2.24) is 0 Å². The summed E-state index contributed by atoms with van der Waals surface area (Å²) < 4.78 is 14.2. The molecule has 1 rings (SSSR count). The van der Waals surface area contributed by atoms with Gasteiger partial charge in [-0.05, 0) is 13.0 Å². The van der Waals surface area contributed by atoms with Crippen LogP contribution in [-0.2, 0) is 19.0 Å². The maximum atomic E-state index is 11.5. The average molecular weight is 308 g/mol. The van der Waals surface area contributed by atoms with E-state index in [0.29, 0.717) is 6.42 Å². The van der Waals surface area contributed by atoms with Gasteiger partial charge in [0.15, 0.2) is 6.10 Å². The number of carbonyl (C=O) groups excluding carboxylic acids is 1. The molecule has 21 heavy (non-hydrogen) atoms. The average Bonchev–Trinajstić information content (AvgIpc) is 2.46. The van der Waals surface area contributed by atoms with Crippen LogP contribution < -0.4 is 0 Å². The highest BCUT2D eigenvalue weighted by Gasteiger charge is 2.55. The van der Waals surface area contributed by atoms with E-state index in [4.69, 9.17) is 19.3 Å². The van der Waals surface area contributed by atoms with E-state index in [1.165, 1.54) is 0 Å². The number of hydrogen-bond donors (Lipinski definition) is 5. The Morgan fingerprint density at radius 1 is 1.33 bits per heavy atom. The molecular formula is C12H20O9. The molecular weight excluding hydrogens is 288 g/mol. The van der Waals surface area contributed by atoms with Crippen LogP contribution in [0.3, 0.4) is 0 Å². The molecule has 0 aliphatic carbocycles. The molecule has 5 N–H and O–H groups in total. The van der Waals surface area contributed by atoms with Crippen molar-refractivity contribution in [3.8, 4) is 0 Å². The number of carbonyl (C=O) groups is 1. The highest BCUT2D eigenvalue weighted by Crippen LogP contribution is 2.30. The van der Waals surface area contributed by atoms with Crippen LogP contribution in [0.5, 0.6) is 0 Å². The first-order chi connectivity index (χ1) is 9.76. The van der Waals surface area contributed by atoms with Crippen LogP contribution in [0.15, 0.2) is 12.3 Å². The minimum absolute atomic E-state index is 0.101. The van der Waals surface area contributed by atoms with Crippen LogP contribution in [0.4, 0.5) is 0 Å². The quantitative estimate of drug-likeness (QED) is 0.157. The summed E-state index contributed by atoms with van der Waals surface area (Å²) in [4.78, 5) is 11.5. The number of hydrogen-bond acceptors (Lipinski definition) is 9. The number of aliphatic hydroxyl groups is 5. The molecule has 1 unspecified atom stereocenters. The number of aliphatic hydroxyl groups excluding tert-OH is 4. The molecule has 9 nitrogen and oxygen atoms in total. The van der Waals surface area contributed by atoms with E-state index in [-0.39, 0.29) is 6.61 Å². The zero-order valence-electron chi connectivity index (χ0n) is 11.5. The van der Waals surface area contributed by atoms with Crippen molar-refractivity contribution in [2.75, 3.05) is 13.2 Å². The van der Waals surface area contributed by atoms with Crippen molar-refractivity contribution in [2.45, 2.75) is 43.7 Å². The number of ether oxygens (including phenoxy) is 3. The first-order valence-corrected chi connectivity index (χ1v) is 6.37.